The summed E-state index contributed by atoms with van der Waals surface area (Å²) in [5.41, 5.74) is 2.83. The SMILES string of the molecule is O=C(O)C(CCNO)OCc1ccccc1. The molecule has 88 valence electrons. The largest absolute Gasteiger partial charge is 0.479 e. The average molecular weight is 225 g/mol. The molecule has 5 nitrogen and oxygen atoms in total. The second-order valence-electron chi connectivity index (χ2n) is 3.32. The lowest BCUT2D eigenvalue weighted by Gasteiger charge is -2.12. The van der Waals surface area contributed by atoms with Crippen LogP contribution in [0.15, 0.2) is 30.3 Å². The van der Waals surface area contributed by atoms with Gasteiger partial charge in [0.05, 0.1) is 6.61 Å². The third-order valence-corrected chi connectivity index (χ3v) is 2.09. The molecule has 0 radical (unpaired) electrons. The number of ether oxygens (including phenoxy) is 1. The van der Waals surface area contributed by atoms with E-state index in [4.69, 9.17) is 15.1 Å². The first kappa shape index (κ1) is 12.6. The van der Waals surface area contributed by atoms with Crippen molar-refractivity contribution in [2.45, 2.75) is 19.1 Å². The van der Waals surface area contributed by atoms with Crippen molar-refractivity contribution < 1.29 is 19.8 Å². The van der Waals surface area contributed by atoms with Crippen LogP contribution in [0.1, 0.15) is 12.0 Å². The Kier molecular flexibility index (Phi) is 5.49. The predicted molar refractivity (Wildman–Crippen MR) is 57.1 cm³/mol. The van der Waals surface area contributed by atoms with Crippen LogP contribution in [0.4, 0.5) is 0 Å². The van der Waals surface area contributed by atoms with E-state index in [2.05, 4.69) is 0 Å². The van der Waals surface area contributed by atoms with Crippen LogP contribution in [0.2, 0.25) is 0 Å². The fraction of sp³-hybridized carbons (Fsp3) is 0.364. The number of hydrogen-bond acceptors (Lipinski definition) is 4. The Morgan fingerprint density at radius 3 is 2.62 bits per heavy atom. The molecule has 1 unspecified atom stereocenters. The van der Waals surface area contributed by atoms with Gasteiger partial charge in [-0.05, 0) is 12.0 Å². The van der Waals surface area contributed by atoms with E-state index in [0.717, 1.165) is 5.56 Å². The fourth-order valence-corrected chi connectivity index (χ4v) is 1.24. The summed E-state index contributed by atoms with van der Waals surface area (Å²) in [4.78, 5) is 10.8. The van der Waals surface area contributed by atoms with Crippen molar-refractivity contribution in [1.29, 1.82) is 0 Å². The molecule has 0 spiro atoms. The van der Waals surface area contributed by atoms with Gasteiger partial charge in [-0.2, -0.15) is 0 Å². The van der Waals surface area contributed by atoms with Crippen molar-refractivity contribution in [1.82, 2.24) is 5.48 Å². The maximum atomic E-state index is 10.8. The van der Waals surface area contributed by atoms with E-state index < -0.39 is 12.1 Å². The minimum absolute atomic E-state index is 0.186. The van der Waals surface area contributed by atoms with Crippen LogP contribution in [0.25, 0.3) is 0 Å². The van der Waals surface area contributed by atoms with Crippen LogP contribution in [0.5, 0.6) is 0 Å². The Balaban J connectivity index is 2.41. The Bertz CT molecular complexity index is 315. The Hall–Kier alpha value is -1.43. The summed E-state index contributed by atoms with van der Waals surface area (Å²) in [7, 11) is 0. The van der Waals surface area contributed by atoms with Gasteiger partial charge in [-0.25, -0.2) is 10.3 Å². The average Bonchev–Trinajstić information content (AvgIpc) is 2.30. The molecule has 0 aliphatic heterocycles. The van der Waals surface area contributed by atoms with Gasteiger partial charge < -0.3 is 15.1 Å². The molecular weight excluding hydrogens is 210 g/mol. The van der Waals surface area contributed by atoms with Crippen LogP contribution in [-0.2, 0) is 16.1 Å². The summed E-state index contributed by atoms with van der Waals surface area (Å²) >= 11 is 0. The van der Waals surface area contributed by atoms with Crippen molar-refractivity contribution in [3.63, 3.8) is 0 Å². The second kappa shape index (κ2) is 6.95. The van der Waals surface area contributed by atoms with E-state index in [1.165, 1.54) is 0 Å². The van der Waals surface area contributed by atoms with Gasteiger partial charge in [0.25, 0.3) is 0 Å². The normalized spacial score (nSPS) is 12.3. The first-order valence-corrected chi connectivity index (χ1v) is 4.99. The first-order valence-electron chi connectivity index (χ1n) is 4.99. The van der Waals surface area contributed by atoms with Gasteiger partial charge in [0, 0.05) is 6.54 Å². The van der Waals surface area contributed by atoms with Crippen molar-refractivity contribution in [2.24, 2.45) is 0 Å². The molecule has 0 heterocycles. The van der Waals surface area contributed by atoms with Crippen molar-refractivity contribution in [3.8, 4) is 0 Å². The number of nitrogens with one attached hydrogen (secondary N) is 1. The predicted octanol–water partition coefficient (Wildman–Crippen LogP) is 1.03. The minimum Gasteiger partial charge on any atom is -0.479 e. The highest BCUT2D eigenvalue weighted by atomic mass is 16.5. The van der Waals surface area contributed by atoms with Crippen molar-refractivity contribution in [3.05, 3.63) is 35.9 Å². The lowest BCUT2D eigenvalue weighted by atomic mass is 10.2. The standard InChI is InChI=1S/C11H15NO4/c13-11(14)10(6-7-12-15)16-8-9-4-2-1-3-5-9/h1-5,10,12,15H,6-8H2,(H,13,14). The third-order valence-electron chi connectivity index (χ3n) is 2.09. The quantitative estimate of drug-likeness (QED) is 0.604. The molecule has 0 aliphatic carbocycles. The monoisotopic (exact) mass is 225 g/mol. The van der Waals surface area contributed by atoms with Gasteiger partial charge in [0.1, 0.15) is 0 Å². The third kappa shape index (κ3) is 4.39. The molecule has 0 aromatic heterocycles. The molecule has 0 bridgehead atoms. The summed E-state index contributed by atoms with van der Waals surface area (Å²) in [6, 6.07) is 9.34. The first-order chi connectivity index (χ1) is 7.74. The van der Waals surface area contributed by atoms with Gasteiger partial charge in [0.15, 0.2) is 6.10 Å². The molecule has 0 amide bonds. The van der Waals surface area contributed by atoms with E-state index in [-0.39, 0.29) is 19.6 Å². The van der Waals surface area contributed by atoms with Crippen LogP contribution < -0.4 is 5.48 Å². The summed E-state index contributed by atoms with van der Waals surface area (Å²) in [6.07, 6.45) is -0.682. The van der Waals surface area contributed by atoms with Crippen LogP contribution in [0.3, 0.4) is 0 Å². The van der Waals surface area contributed by atoms with Crippen molar-refractivity contribution >= 4 is 5.97 Å². The van der Waals surface area contributed by atoms with Crippen molar-refractivity contribution in [2.75, 3.05) is 6.54 Å². The van der Waals surface area contributed by atoms with Gasteiger partial charge in [0.2, 0.25) is 0 Å². The van der Waals surface area contributed by atoms with Crippen LogP contribution >= 0.6 is 0 Å². The fourth-order valence-electron chi connectivity index (χ4n) is 1.24. The Morgan fingerprint density at radius 2 is 2.06 bits per heavy atom. The molecule has 1 aromatic carbocycles. The maximum absolute atomic E-state index is 10.8. The summed E-state index contributed by atoms with van der Waals surface area (Å²) in [6.45, 7) is 0.439. The number of benzene rings is 1. The molecule has 1 aromatic rings. The van der Waals surface area contributed by atoms with E-state index in [1.54, 1.807) is 0 Å². The molecule has 3 N–H and O–H groups in total. The summed E-state index contributed by atoms with van der Waals surface area (Å²) < 4.78 is 5.24. The highest BCUT2D eigenvalue weighted by Crippen LogP contribution is 2.05. The molecule has 0 saturated carbocycles. The number of aliphatic carboxylic acids is 1. The number of carbonyl (C=O) groups is 1. The van der Waals surface area contributed by atoms with Gasteiger partial charge >= 0.3 is 5.97 Å². The molecule has 0 fully saturated rings. The van der Waals surface area contributed by atoms with E-state index >= 15 is 0 Å². The topological polar surface area (TPSA) is 78.8 Å². The zero-order valence-corrected chi connectivity index (χ0v) is 8.80. The highest BCUT2D eigenvalue weighted by Gasteiger charge is 2.17. The van der Waals surface area contributed by atoms with Crippen LogP contribution in [-0.4, -0.2) is 28.9 Å². The number of hydroxylamine groups is 1. The Morgan fingerprint density at radius 1 is 1.38 bits per heavy atom. The lowest BCUT2D eigenvalue weighted by molar-refractivity contribution is -0.151. The molecule has 1 atom stereocenters. The maximum Gasteiger partial charge on any atom is 0.332 e. The Labute approximate surface area is 93.6 Å². The zero-order chi connectivity index (χ0) is 11.8. The van der Waals surface area contributed by atoms with E-state index in [9.17, 15) is 4.79 Å². The number of carboxylic acids is 1. The van der Waals surface area contributed by atoms with Crippen LogP contribution in [0, 0.1) is 0 Å². The van der Waals surface area contributed by atoms with Gasteiger partial charge in [-0.1, -0.05) is 30.3 Å². The summed E-state index contributed by atoms with van der Waals surface area (Å²) in [5.74, 6) is -1.02. The van der Waals surface area contributed by atoms with E-state index in [1.807, 2.05) is 35.8 Å². The van der Waals surface area contributed by atoms with Gasteiger partial charge in [-0.15, -0.1) is 0 Å². The number of carboxylic acid groups (broad SMARTS) is 1. The molecular formula is C11H15NO4. The molecule has 16 heavy (non-hydrogen) atoms. The number of rotatable bonds is 7. The lowest BCUT2D eigenvalue weighted by Crippen LogP contribution is -2.27. The van der Waals surface area contributed by atoms with Gasteiger partial charge in [-0.3, -0.25) is 0 Å². The molecule has 5 heteroatoms. The molecule has 1 rings (SSSR count). The zero-order valence-electron chi connectivity index (χ0n) is 8.80. The number of hydrogen-bond donors (Lipinski definition) is 3. The summed E-state index contributed by atoms with van der Waals surface area (Å²) in [5, 5.41) is 17.2. The highest BCUT2D eigenvalue weighted by molar-refractivity contribution is 5.72. The molecule has 0 saturated heterocycles. The molecule has 0 aliphatic rings. The van der Waals surface area contributed by atoms with E-state index in [0.29, 0.717) is 0 Å². The smallest absolute Gasteiger partial charge is 0.332 e. The minimum atomic E-state index is -1.02. The second-order valence-corrected chi connectivity index (χ2v) is 3.32.